The molecule has 1 amide bonds. The number of benzene rings is 1. The molecule has 1 aromatic carbocycles. The number of allylic oxidation sites excluding steroid dienone is 1. The average molecular weight is 308 g/mol. The van der Waals surface area contributed by atoms with Gasteiger partial charge in [0.15, 0.2) is 0 Å². The van der Waals surface area contributed by atoms with Crippen LogP contribution < -0.4 is 20.5 Å². The highest BCUT2D eigenvalue weighted by Gasteiger charge is 2.10. The summed E-state index contributed by atoms with van der Waals surface area (Å²) < 4.78 is 10.5. The van der Waals surface area contributed by atoms with Gasteiger partial charge in [-0.3, -0.25) is 4.79 Å². The van der Waals surface area contributed by atoms with Gasteiger partial charge in [0.05, 0.1) is 20.8 Å². The molecule has 0 fully saturated rings. The number of amides is 1. The van der Waals surface area contributed by atoms with Crippen LogP contribution in [0, 0.1) is 0 Å². The van der Waals surface area contributed by atoms with E-state index in [-0.39, 0.29) is 12.7 Å². The summed E-state index contributed by atoms with van der Waals surface area (Å²) in [5.74, 6) is 1.01. The van der Waals surface area contributed by atoms with E-state index in [0.29, 0.717) is 5.75 Å². The van der Waals surface area contributed by atoms with Crippen molar-refractivity contribution in [1.29, 1.82) is 0 Å². The van der Waals surface area contributed by atoms with Gasteiger partial charge >= 0.3 is 6.15 Å². The third-order valence-corrected chi connectivity index (χ3v) is 2.56. The molecule has 120 valence electrons. The van der Waals surface area contributed by atoms with E-state index in [1.165, 1.54) is 0 Å². The SMILES string of the molecule is CC/C=C(\NCC(N)=O)c1cc(OC)ccc1OC.O=C=O. The Balaban J connectivity index is 0.00000135. The minimum absolute atomic E-state index is 0.0756. The molecular weight excluding hydrogens is 288 g/mol. The molecule has 0 bridgehead atoms. The molecule has 22 heavy (non-hydrogen) atoms. The smallest absolute Gasteiger partial charge is 0.373 e. The van der Waals surface area contributed by atoms with Crippen molar-refractivity contribution < 1.29 is 23.9 Å². The minimum Gasteiger partial charge on any atom is -0.497 e. The maximum atomic E-state index is 10.9. The van der Waals surface area contributed by atoms with Gasteiger partial charge in [-0.2, -0.15) is 9.59 Å². The first-order valence-electron chi connectivity index (χ1n) is 6.47. The predicted molar refractivity (Wildman–Crippen MR) is 80.0 cm³/mol. The Morgan fingerprint density at radius 2 is 1.95 bits per heavy atom. The number of carbonyl (C=O) groups is 1. The Kier molecular flexibility index (Phi) is 9.55. The van der Waals surface area contributed by atoms with Crippen molar-refractivity contribution in [3.8, 4) is 11.5 Å². The fraction of sp³-hybridized carbons (Fsp3) is 0.333. The molecule has 0 radical (unpaired) electrons. The maximum Gasteiger partial charge on any atom is 0.373 e. The number of hydrogen-bond acceptors (Lipinski definition) is 6. The second kappa shape index (κ2) is 10.9. The minimum atomic E-state index is -0.413. The van der Waals surface area contributed by atoms with Gasteiger partial charge in [0.2, 0.25) is 5.91 Å². The van der Waals surface area contributed by atoms with Crippen LogP contribution in [0.1, 0.15) is 18.9 Å². The normalized spacial score (nSPS) is 9.86. The first-order chi connectivity index (χ1) is 10.5. The maximum absolute atomic E-state index is 10.9. The largest absolute Gasteiger partial charge is 0.497 e. The molecule has 0 atom stereocenters. The van der Waals surface area contributed by atoms with E-state index in [0.717, 1.165) is 23.4 Å². The van der Waals surface area contributed by atoms with Gasteiger partial charge < -0.3 is 20.5 Å². The van der Waals surface area contributed by atoms with E-state index >= 15 is 0 Å². The molecule has 0 saturated carbocycles. The molecule has 7 nitrogen and oxygen atoms in total. The third-order valence-electron chi connectivity index (χ3n) is 2.56. The van der Waals surface area contributed by atoms with Crippen LogP contribution in [0.5, 0.6) is 11.5 Å². The second-order valence-corrected chi connectivity index (χ2v) is 4.00. The first-order valence-corrected chi connectivity index (χ1v) is 6.47. The van der Waals surface area contributed by atoms with Crippen LogP contribution in [0.25, 0.3) is 5.70 Å². The highest BCUT2D eigenvalue weighted by Crippen LogP contribution is 2.29. The van der Waals surface area contributed by atoms with E-state index in [1.807, 2.05) is 31.2 Å². The molecule has 7 heteroatoms. The van der Waals surface area contributed by atoms with Gasteiger partial charge in [-0.1, -0.05) is 13.0 Å². The molecular formula is C15H20N2O5. The average Bonchev–Trinajstić information content (AvgIpc) is 2.51. The van der Waals surface area contributed by atoms with E-state index in [1.54, 1.807) is 14.2 Å². The molecule has 0 aliphatic carbocycles. The fourth-order valence-electron chi connectivity index (χ4n) is 1.69. The van der Waals surface area contributed by atoms with Crippen molar-refractivity contribution in [2.75, 3.05) is 20.8 Å². The second-order valence-electron chi connectivity index (χ2n) is 4.00. The summed E-state index contributed by atoms with van der Waals surface area (Å²) in [4.78, 5) is 27.1. The summed E-state index contributed by atoms with van der Waals surface area (Å²) in [5.41, 5.74) is 6.80. The number of hydrogen-bond donors (Lipinski definition) is 2. The Hall–Kier alpha value is -2.79. The lowest BCUT2D eigenvalue weighted by molar-refractivity contribution is -0.191. The van der Waals surface area contributed by atoms with Crippen molar-refractivity contribution in [2.24, 2.45) is 5.73 Å². The van der Waals surface area contributed by atoms with Gasteiger partial charge in [-0.05, 0) is 24.6 Å². The van der Waals surface area contributed by atoms with E-state index in [4.69, 9.17) is 24.8 Å². The van der Waals surface area contributed by atoms with Crippen molar-refractivity contribution in [3.05, 3.63) is 29.8 Å². The summed E-state index contributed by atoms with van der Waals surface area (Å²) in [6.07, 6.45) is 3.04. The lowest BCUT2D eigenvalue weighted by Crippen LogP contribution is -2.27. The van der Waals surface area contributed by atoms with Crippen molar-refractivity contribution in [2.45, 2.75) is 13.3 Å². The zero-order valence-electron chi connectivity index (χ0n) is 12.8. The molecule has 1 rings (SSSR count). The highest BCUT2D eigenvalue weighted by atomic mass is 16.5. The lowest BCUT2D eigenvalue weighted by Gasteiger charge is -2.15. The molecule has 0 aliphatic heterocycles. The molecule has 0 aromatic heterocycles. The summed E-state index contributed by atoms with van der Waals surface area (Å²) in [5, 5.41) is 3.01. The van der Waals surface area contributed by atoms with Gasteiger partial charge in [0, 0.05) is 11.3 Å². The number of ether oxygens (including phenoxy) is 2. The van der Waals surface area contributed by atoms with E-state index in [9.17, 15) is 4.79 Å². The zero-order chi connectivity index (χ0) is 17.0. The molecule has 0 saturated heterocycles. The molecule has 0 aliphatic rings. The number of carbonyl (C=O) groups excluding carboxylic acids is 3. The molecule has 3 N–H and O–H groups in total. The third kappa shape index (κ3) is 6.58. The van der Waals surface area contributed by atoms with Gasteiger partial charge in [-0.25, -0.2) is 0 Å². The number of methoxy groups -OCH3 is 2. The van der Waals surface area contributed by atoms with Crippen molar-refractivity contribution in [3.63, 3.8) is 0 Å². The monoisotopic (exact) mass is 308 g/mol. The molecule has 0 unspecified atom stereocenters. The molecule has 0 heterocycles. The molecule has 1 aromatic rings. The highest BCUT2D eigenvalue weighted by molar-refractivity contribution is 5.79. The van der Waals surface area contributed by atoms with Crippen LogP contribution in [0.2, 0.25) is 0 Å². The Morgan fingerprint density at radius 3 is 2.41 bits per heavy atom. The van der Waals surface area contributed by atoms with E-state index in [2.05, 4.69) is 5.32 Å². The van der Waals surface area contributed by atoms with Crippen molar-refractivity contribution in [1.82, 2.24) is 5.32 Å². The van der Waals surface area contributed by atoms with Crippen LogP contribution >= 0.6 is 0 Å². The van der Waals surface area contributed by atoms with Crippen LogP contribution in [0.4, 0.5) is 0 Å². The van der Waals surface area contributed by atoms with Crippen LogP contribution in [0.3, 0.4) is 0 Å². The Labute approximate surface area is 129 Å². The standard InChI is InChI=1S/C14H20N2O3.CO2/c1-4-5-12(16-9-14(15)17)11-8-10(18-2)6-7-13(11)19-3;2-1-3/h5-8,16H,4,9H2,1-3H3,(H2,15,17);/b12-5-;. The van der Waals surface area contributed by atoms with Gasteiger partial charge in [-0.15, -0.1) is 0 Å². The van der Waals surface area contributed by atoms with E-state index < -0.39 is 5.91 Å². The topological polar surface area (TPSA) is 108 Å². The number of primary amides is 1. The summed E-state index contributed by atoms with van der Waals surface area (Å²) >= 11 is 0. The number of nitrogens with two attached hydrogens (primary N) is 1. The summed E-state index contributed by atoms with van der Waals surface area (Å²) in [6.45, 7) is 2.09. The Bertz CT molecular complexity index is 549. The van der Waals surface area contributed by atoms with Crippen LogP contribution in [-0.4, -0.2) is 32.8 Å². The zero-order valence-corrected chi connectivity index (χ0v) is 12.8. The quantitative estimate of drug-likeness (QED) is 0.776. The van der Waals surface area contributed by atoms with Crippen molar-refractivity contribution >= 4 is 17.8 Å². The first kappa shape index (κ1) is 19.2. The van der Waals surface area contributed by atoms with Crippen LogP contribution in [0.15, 0.2) is 24.3 Å². The number of rotatable bonds is 7. The lowest BCUT2D eigenvalue weighted by atomic mass is 10.1. The predicted octanol–water partition coefficient (Wildman–Crippen LogP) is 0.946. The Morgan fingerprint density at radius 1 is 1.32 bits per heavy atom. The fourth-order valence-corrected chi connectivity index (χ4v) is 1.69. The number of nitrogens with one attached hydrogen (secondary N) is 1. The van der Waals surface area contributed by atoms with Crippen LogP contribution in [-0.2, 0) is 14.4 Å². The summed E-state index contributed by atoms with van der Waals surface area (Å²) in [6, 6.07) is 5.50. The molecule has 0 spiro atoms. The summed E-state index contributed by atoms with van der Waals surface area (Å²) in [7, 11) is 3.20. The van der Waals surface area contributed by atoms with Gasteiger partial charge in [0.1, 0.15) is 11.5 Å². The van der Waals surface area contributed by atoms with Gasteiger partial charge in [0.25, 0.3) is 0 Å².